The summed E-state index contributed by atoms with van der Waals surface area (Å²) in [5, 5.41) is 1.76. The lowest BCUT2D eigenvalue weighted by Gasteiger charge is -1.74. The molecule has 0 fully saturated rings. The molecule has 1 rings (SSSR count). The molecule has 2 unspecified atom stereocenters. The lowest BCUT2D eigenvalue weighted by atomic mass is 10.5. The van der Waals surface area contributed by atoms with Gasteiger partial charge >= 0.3 is 15.6 Å². The Morgan fingerprint density at radius 2 is 1.91 bits per heavy atom. The Kier molecular flexibility index (Phi) is 2.70. The van der Waals surface area contributed by atoms with Gasteiger partial charge < -0.3 is 0 Å². The van der Waals surface area contributed by atoms with Crippen molar-refractivity contribution < 1.29 is 9.13 Å². The number of hydrogen-bond donors (Lipinski definition) is 0. The minimum atomic E-state index is -1.25. The summed E-state index contributed by atoms with van der Waals surface area (Å²) >= 11 is 0. The van der Waals surface area contributed by atoms with Crippen molar-refractivity contribution in [2.24, 2.45) is 0 Å². The van der Waals surface area contributed by atoms with Crippen LogP contribution in [0.3, 0.4) is 0 Å². The van der Waals surface area contributed by atoms with Crippen LogP contribution in [-0.2, 0) is 9.13 Å². The second kappa shape index (κ2) is 3.38. The molecule has 0 amide bonds. The van der Waals surface area contributed by atoms with Crippen LogP contribution in [0, 0.1) is 0 Å². The fourth-order valence-electron chi connectivity index (χ4n) is 0.937. The van der Waals surface area contributed by atoms with Gasteiger partial charge in [-0.15, -0.1) is 0 Å². The summed E-state index contributed by atoms with van der Waals surface area (Å²) in [6.45, 7) is 3.35. The Hall–Kier alpha value is -0.320. The molecule has 4 heteroatoms. The quantitative estimate of drug-likeness (QED) is 0.624. The van der Waals surface area contributed by atoms with Crippen LogP contribution in [0.1, 0.15) is 6.42 Å². The van der Waals surface area contributed by atoms with Crippen molar-refractivity contribution in [2.75, 3.05) is 13.3 Å². The van der Waals surface area contributed by atoms with Crippen LogP contribution in [0.15, 0.2) is 22.8 Å². The predicted molar refractivity (Wildman–Crippen MR) is 47.8 cm³/mol. The molecule has 0 aromatic rings. The molecule has 2 nitrogen and oxygen atoms in total. The Morgan fingerprint density at radius 3 is 2.18 bits per heavy atom. The fourth-order valence-corrected chi connectivity index (χ4v) is 2.39. The molecule has 0 spiro atoms. The summed E-state index contributed by atoms with van der Waals surface area (Å²) < 4.78 is 21.9. The molecule has 0 radical (unpaired) electrons. The molecule has 0 heterocycles. The molecule has 11 heavy (non-hydrogen) atoms. The van der Waals surface area contributed by atoms with Gasteiger partial charge in [0.15, 0.2) is 10.6 Å². The van der Waals surface area contributed by atoms with E-state index in [4.69, 9.17) is 0 Å². The van der Waals surface area contributed by atoms with Crippen molar-refractivity contribution in [2.45, 2.75) is 6.42 Å². The zero-order valence-electron chi connectivity index (χ0n) is 6.57. The molecule has 0 aliphatic heterocycles. The largest absolute Gasteiger partial charge is 0.373 e. The summed E-state index contributed by atoms with van der Waals surface area (Å²) in [6.07, 6.45) is 4.41. The molecule has 0 aromatic heterocycles. The first-order valence-electron chi connectivity index (χ1n) is 3.33. The molecule has 1 aliphatic carbocycles. The molecule has 1 aliphatic rings. The maximum atomic E-state index is 11.0. The van der Waals surface area contributed by atoms with Crippen LogP contribution in [0.5, 0.6) is 0 Å². The van der Waals surface area contributed by atoms with Crippen LogP contribution >= 0.6 is 15.6 Å². The van der Waals surface area contributed by atoms with E-state index in [2.05, 4.69) is 0 Å². The van der Waals surface area contributed by atoms with Gasteiger partial charge in [0.2, 0.25) is 0 Å². The smallest absolute Gasteiger partial charge is 0.0688 e. The van der Waals surface area contributed by atoms with Crippen LogP contribution in [0.2, 0.25) is 0 Å². The zero-order valence-corrected chi connectivity index (χ0v) is 8.36. The minimum absolute atomic E-state index is 0.718. The van der Waals surface area contributed by atoms with Crippen molar-refractivity contribution in [3.63, 3.8) is 0 Å². The summed E-state index contributed by atoms with van der Waals surface area (Å²) in [7, 11) is -2.47. The van der Waals surface area contributed by atoms with E-state index < -0.39 is 15.6 Å². The molecule has 0 saturated heterocycles. The second-order valence-electron chi connectivity index (χ2n) is 2.46. The first-order valence-corrected chi connectivity index (χ1v) is 6.75. The highest BCUT2D eigenvalue weighted by molar-refractivity contribution is 7.50. The maximum Gasteiger partial charge on any atom is 0.373 e. The summed E-state index contributed by atoms with van der Waals surface area (Å²) in [4.78, 5) is 0. The van der Waals surface area contributed by atoms with Gasteiger partial charge in [0, 0.05) is 12.5 Å². The Labute approximate surface area is 68.0 Å². The molecule has 0 aromatic carbocycles. The first-order chi connectivity index (χ1) is 5.11. The van der Waals surface area contributed by atoms with Crippen molar-refractivity contribution >= 4 is 15.6 Å². The molecular formula is C7H10O2P2+2. The van der Waals surface area contributed by atoms with E-state index in [1.807, 2.05) is 6.08 Å². The third-order valence-corrected chi connectivity index (χ3v) is 3.76. The zero-order chi connectivity index (χ0) is 8.43. The van der Waals surface area contributed by atoms with Gasteiger partial charge in [-0.2, -0.15) is 0 Å². The topological polar surface area (TPSA) is 34.1 Å². The summed E-state index contributed by atoms with van der Waals surface area (Å²) in [6, 6.07) is 0. The first kappa shape index (κ1) is 8.77. The standard InChI is InChI=1S/C7H10O2P2/c1-10(8)6-3-4-7(5-6)11(2)9/h3,5H,4H2,1-2H3/q+2. The number of allylic oxidation sites excluding steroid dienone is 4. The van der Waals surface area contributed by atoms with E-state index in [9.17, 15) is 9.13 Å². The highest BCUT2D eigenvalue weighted by Crippen LogP contribution is 2.42. The van der Waals surface area contributed by atoms with E-state index in [0.29, 0.717) is 0 Å². The van der Waals surface area contributed by atoms with E-state index in [0.717, 1.165) is 17.0 Å². The average molecular weight is 188 g/mol. The van der Waals surface area contributed by atoms with Crippen molar-refractivity contribution in [3.8, 4) is 0 Å². The lowest BCUT2D eigenvalue weighted by molar-refractivity contribution is 0.594. The third kappa shape index (κ3) is 2.05. The Balaban J connectivity index is 2.79. The molecule has 0 N–H and O–H groups in total. The van der Waals surface area contributed by atoms with E-state index in [1.165, 1.54) is 0 Å². The molecule has 2 atom stereocenters. The predicted octanol–water partition coefficient (Wildman–Crippen LogP) is 3.07. The molecular weight excluding hydrogens is 178 g/mol. The lowest BCUT2D eigenvalue weighted by Crippen LogP contribution is -1.64. The molecule has 58 valence electrons. The summed E-state index contributed by atoms with van der Waals surface area (Å²) in [5.41, 5.74) is 0. The monoisotopic (exact) mass is 188 g/mol. The van der Waals surface area contributed by atoms with Gasteiger partial charge in [-0.3, -0.25) is 0 Å². The summed E-state index contributed by atoms with van der Waals surface area (Å²) in [5.74, 6) is 0. The number of rotatable bonds is 2. The van der Waals surface area contributed by atoms with E-state index >= 15 is 0 Å². The van der Waals surface area contributed by atoms with Gasteiger partial charge in [0.1, 0.15) is 13.3 Å². The minimum Gasteiger partial charge on any atom is -0.0688 e. The van der Waals surface area contributed by atoms with Gasteiger partial charge in [0.05, 0.1) is 0 Å². The molecule has 0 saturated carbocycles. The highest BCUT2D eigenvalue weighted by atomic mass is 31.1. The van der Waals surface area contributed by atoms with Crippen molar-refractivity contribution in [3.05, 3.63) is 22.8 Å². The van der Waals surface area contributed by atoms with E-state index in [-0.39, 0.29) is 0 Å². The van der Waals surface area contributed by atoms with Crippen LogP contribution in [0.4, 0.5) is 0 Å². The Bertz CT molecular complexity index is 276. The van der Waals surface area contributed by atoms with Gasteiger partial charge in [-0.1, -0.05) is 9.13 Å². The number of hydrogen-bond acceptors (Lipinski definition) is 2. The third-order valence-electron chi connectivity index (χ3n) is 1.60. The SMILES string of the molecule is C[P+](=O)C1=CCC([P+](C)=O)=C1. The van der Waals surface area contributed by atoms with Crippen LogP contribution in [-0.4, -0.2) is 13.3 Å². The van der Waals surface area contributed by atoms with Gasteiger partial charge in [0.25, 0.3) is 0 Å². The van der Waals surface area contributed by atoms with Crippen LogP contribution in [0.25, 0.3) is 0 Å². The normalized spacial score (nSPS) is 19.1. The average Bonchev–Trinajstić information content (AvgIpc) is 2.33. The van der Waals surface area contributed by atoms with Crippen molar-refractivity contribution in [1.82, 2.24) is 0 Å². The fraction of sp³-hybridized carbons (Fsp3) is 0.429. The highest BCUT2D eigenvalue weighted by Gasteiger charge is 2.27. The van der Waals surface area contributed by atoms with E-state index in [1.54, 1.807) is 19.4 Å². The van der Waals surface area contributed by atoms with Gasteiger partial charge in [-0.25, -0.2) is 0 Å². The Morgan fingerprint density at radius 1 is 1.27 bits per heavy atom. The van der Waals surface area contributed by atoms with Gasteiger partial charge in [-0.05, 0) is 6.08 Å². The molecule has 0 bridgehead atoms. The van der Waals surface area contributed by atoms with Crippen LogP contribution < -0.4 is 0 Å². The second-order valence-corrected chi connectivity index (χ2v) is 5.54. The maximum absolute atomic E-state index is 11.0. The van der Waals surface area contributed by atoms with Crippen molar-refractivity contribution in [1.29, 1.82) is 0 Å².